The molecule has 0 aromatic carbocycles. The van der Waals surface area contributed by atoms with Crippen LogP contribution in [0.2, 0.25) is 0 Å². The van der Waals surface area contributed by atoms with E-state index in [-0.39, 0.29) is 24.8 Å². The van der Waals surface area contributed by atoms with Crippen LogP contribution in [0.15, 0.2) is 12.3 Å². The van der Waals surface area contributed by atoms with E-state index in [1.54, 1.807) is 0 Å². The van der Waals surface area contributed by atoms with Crippen LogP contribution < -0.4 is 5.32 Å². The van der Waals surface area contributed by atoms with Gasteiger partial charge in [0.25, 0.3) is 0 Å². The summed E-state index contributed by atoms with van der Waals surface area (Å²) < 4.78 is 0. The summed E-state index contributed by atoms with van der Waals surface area (Å²) >= 11 is 0. The summed E-state index contributed by atoms with van der Waals surface area (Å²) in [5.41, 5.74) is -0.629. The van der Waals surface area contributed by atoms with Crippen molar-refractivity contribution in [3.63, 3.8) is 0 Å². The highest BCUT2D eigenvalue weighted by atomic mass is 16.3. The van der Waals surface area contributed by atoms with E-state index in [4.69, 9.17) is 0 Å². The van der Waals surface area contributed by atoms with Gasteiger partial charge in [0.2, 0.25) is 5.91 Å². The summed E-state index contributed by atoms with van der Waals surface area (Å²) in [5.74, 6) is -0.597. The fourth-order valence-corrected chi connectivity index (χ4v) is 0.958. The number of allylic oxidation sites excluding steroid dienone is 1. The van der Waals surface area contributed by atoms with Gasteiger partial charge in [-0.1, -0.05) is 13.5 Å². The van der Waals surface area contributed by atoms with Gasteiger partial charge in [0.05, 0.1) is 13.1 Å². The summed E-state index contributed by atoms with van der Waals surface area (Å²) in [6.07, 6.45) is 0.750. The smallest absolute Gasteiger partial charge is 0.242 e. The number of Topliss-reactive ketones (excluding diaryl/α,β-unsaturated/α-hetero) is 1. The number of likely N-dealkylation sites (N-methyl/N-ethyl adjacent to an activating group) is 1. The third-order valence-electron chi connectivity index (χ3n) is 2.41. The Hall–Kier alpha value is -1.36. The highest BCUT2D eigenvalue weighted by Gasteiger charge is 2.25. The Morgan fingerprint density at radius 1 is 1.41 bits per heavy atom. The first-order valence-corrected chi connectivity index (χ1v) is 5.59. The summed E-state index contributed by atoms with van der Waals surface area (Å²) in [6, 6.07) is 0. The van der Waals surface area contributed by atoms with Gasteiger partial charge in [0, 0.05) is 12.7 Å². The minimum atomic E-state index is -1.41. The zero-order valence-corrected chi connectivity index (χ0v) is 11.0. The van der Waals surface area contributed by atoms with E-state index in [0.29, 0.717) is 0 Å². The molecule has 0 fully saturated rings. The number of aliphatic hydroxyl groups is 1. The largest absolute Gasteiger partial charge is 0.383 e. The van der Waals surface area contributed by atoms with E-state index < -0.39 is 5.60 Å². The van der Waals surface area contributed by atoms with Crippen molar-refractivity contribution in [1.82, 2.24) is 10.2 Å². The highest BCUT2D eigenvalue weighted by molar-refractivity contribution is 5.91. The topological polar surface area (TPSA) is 69.6 Å². The second-order valence-electron chi connectivity index (χ2n) is 4.54. The maximum absolute atomic E-state index is 11.6. The lowest BCUT2D eigenvalue weighted by Crippen LogP contribution is -2.44. The van der Waals surface area contributed by atoms with Crippen molar-refractivity contribution in [3.8, 4) is 0 Å². The summed E-state index contributed by atoms with van der Waals surface area (Å²) in [6.45, 7) is 8.48. The van der Waals surface area contributed by atoms with Gasteiger partial charge >= 0.3 is 0 Å². The maximum atomic E-state index is 11.6. The number of ketones is 1. The Morgan fingerprint density at radius 3 is 2.35 bits per heavy atom. The van der Waals surface area contributed by atoms with Crippen molar-refractivity contribution in [2.45, 2.75) is 32.8 Å². The molecule has 5 heteroatoms. The van der Waals surface area contributed by atoms with Gasteiger partial charge in [0.1, 0.15) is 5.60 Å². The zero-order chi connectivity index (χ0) is 13.6. The number of nitrogens with one attached hydrogen (secondary N) is 1. The Labute approximate surface area is 102 Å². The lowest BCUT2D eigenvalue weighted by Gasteiger charge is -2.22. The Balaban J connectivity index is 4.15. The molecule has 0 heterocycles. The molecule has 0 aliphatic carbocycles. The van der Waals surface area contributed by atoms with Crippen LogP contribution >= 0.6 is 0 Å². The molecule has 0 spiro atoms. The molecule has 0 unspecified atom stereocenters. The first kappa shape index (κ1) is 15.6. The lowest BCUT2D eigenvalue weighted by atomic mass is 10.0. The summed E-state index contributed by atoms with van der Waals surface area (Å²) in [5, 5.41) is 12.3. The SMILES string of the molecule is C=C(CC)NCC(=O)N(C)CC(=O)C(C)(C)O. The van der Waals surface area contributed by atoms with Gasteiger partial charge < -0.3 is 15.3 Å². The minimum Gasteiger partial charge on any atom is -0.383 e. The molecule has 0 aromatic rings. The fraction of sp³-hybridized carbons (Fsp3) is 0.667. The molecule has 0 rings (SSSR count). The molecule has 2 N–H and O–H groups in total. The van der Waals surface area contributed by atoms with Crippen molar-refractivity contribution in [1.29, 1.82) is 0 Å². The van der Waals surface area contributed by atoms with Crippen LogP contribution in [0.1, 0.15) is 27.2 Å². The van der Waals surface area contributed by atoms with E-state index >= 15 is 0 Å². The Kier molecular flexibility index (Phi) is 5.88. The van der Waals surface area contributed by atoms with E-state index in [1.165, 1.54) is 25.8 Å². The molecule has 5 nitrogen and oxygen atoms in total. The van der Waals surface area contributed by atoms with Crippen LogP contribution in [0.3, 0.4) is 0 Å². The first-order valence-electron chi connectivity index (χ1n) is 5.59. The molecule has 0 saturated carbocycles. The van der Waals surface area contributed by atoms with Crippen LogP contribution in [-0.4, -0.2) is 47.4 Å². The van der Waals surface area contributed by atoms with Gasteiger partial charge in [-0.25, -0.2) is 0 Å². The van der Waals surface area contributed by atoms with E-state index in [0.717, 1.165) is 12.1 Å². The van der Waals surface area contributed by atoms with Crippen molar-refractivity contribution >= 4 is 11.7 Å². The standard InChI is InChI=1S/C12H22N2O3/c1-6-9(2)13-7-11(16)14(5)8-10(15)12(3,4)17/h13,17H,2,6-8H2,1,3-5H3. The quantitative estimate of drug-likeness (QED) is 0.673. The van der Waals surface area contributed by atoms with Crippen LogP contribution in [0.4, 0.5) is 0 Å². The second kappa shape index (κ2) is 6.39. The molecule has 0 aliphatic heterocycles. The zero-order valence-electron chi connectivity index (χ0n) is 11.0. The first-order chi connectivity index (χ1) is 7.68. The van der Waals surface area contributed by atoms with Crippen molar-refractivity contribution in [2.24, 2.45) is 0 Å². The lowest BCUT2D eigenvalue weighted by molar-refractivity contribution is -0.140. The minimum absolute atomic E-state index is 0.0946. The molecule has 0 atom stereocenters. The number of hydrogen-bond donors (Lipinski definition) is 2. The number of carbonyl (C=O) groups excluding carboxylic acids is 2. The molecule has 17 heavy (non-hydrogen) atoms. The molecular formula is C12H22N2O3. The predicted molar refractivity (Wildman–Crippen MR) is 66.4 cm³/mol. The maximum Gasteiger partial charge on any atom is 0.242 e. The van der Waals surface area contributed by atoms with Crippen LogP contribution in [0.25, 0.3) is 0 Å². The molecule has 98 valence electrons. The van der Waals surface area contributed by atoms with E-state index in [1.807, 2.05) is 6.92 Å². The summed E-state index contributed by atoms with van der Waals surface area (Å²) in [7, 11) is 1.53. The fourth-order valence-electron chi connectivity index (χ4n) is 0.958. The summed E-state index contributed by atoms with van der Waals surface area (Å²) in [4.78, 5) is 24.4. The van der Waals surface area contributed by atoms with Gasteiger partial charge in [-0.2, -0.15) is 0 Å². The molecule has 1 amide bonds. The number of carbonyl (C=O) groups is 2. The number of rotatable bonds is 7. The van der Waals surface area contributed by atoms with Crippen LogP contribution in [0.5, 0.6) is 0 Å². The normalized spacial score (nSPS) is 10.9. The molecule has 0 saturated heterocycles. The van der Waals surface area contributed by atoms with Gasteiger partial charge in [0.15, 0.2) is 5.78 Å². The Morgan fingerprint density at radius 2 is 1.94 bits per heavy atom. The van der Waals surface area contributed by atoms with E-state index in [2.05, 4.69) is 11.9 Å². The molecule has 0 aromatic heterocycles. The van der Waals surface area contributed by atoms with E-state index in [9.17, 15) is 14.7 Å². The second-order valence-corrected chi connectivity index (χ2v) is 4.54. The van der Waals surface area contributed by atoms with Gasteiger partial charge in [-0.05, 0) is 20.3 Å². The predicted octanol–water partition coefficient (Wildman–Crippen LogP) is 0.298. The third kappa shape index (κ3) is 6.06. The highest BCUT2D eigenvalue weighted by Crippen LogP contribution is 2.03. The van der Waals surface area contributed by atoms with Gasteiger partial charge in [-0.3, -0.25) is 9.59 Å². The third-order valence-corrected chi connectivity index (χ3v) is 2.41. The monoisotopic (exact) mass is 242 g/mol. The van der Waals surface area contributed by atoms with Gasteiger partial charge in [-0.15, -0.1) is 0 Å². The molecule has 0 aliphatic rings. The van der Waals surface area contributed by atoms with Crippen LogP contribution in [-0.2, 0) is 9.59 Å². The number of amides is 1. The number of nitrogens with zero attached hydrogens (tertiary/aromatic N) is 1. The van der Waals surface area contributed by atoms with Crippen molar-refractivity contribution in [3.05, 3.63) is 12.3 Å². The number of hydrogen-bond acceptors (Lipinski definition) is 4. The average Bonchev–Trinajstić information content (AvgIpc) is 2.23. The molecule has 0 radical (unpaired) electrons. The van der Waals surface area contributed by atoms with Crippen LogP contribution in [0, 0.1) is 0 Å². The Bertz CT molecular complexity index is 305. The van der Waals surface area contributed by atoms with Crippen molar-refractivity contribution in [2.75, 3.05) is 20.1 Å². The molecular weight excluding hydrogens is 220 g/mol. The molecule has 0 bridgehead atoms. The average molecular weight is 242 g/mol. The van der Waals surface area contributed by atoms with Crippen molar-refractivity contribution < 1.29 is 14.7 Å².